The molecule has 8 heteroatoms. The molecule has 1 saturated heterocycles. The summed E-state index contributed by atoms with van der Waals surface area (Å²) in [4.78, 5) is 11.5. The fourth-order valence-corrected chi connectivity index (χ4v) is 5.00. The van der Waals surface area contributed by atoms with Gasteiger partial charge in [0.25, 0.3) is 0 Å². The first-order valence-electron chi connectivity index (χ1n) is 9.09. The van der Waals surface area contributed by atoms with Gasteiger partial charge in [0.1, 0.15) is 0 Å². The lowest BCUT2D eigenvalue weighted by molar-refractivity contribution is -0.291. The molecule has 25 heavy (non-hydrogen) atoms. The number of aliphatic hydroxyl groups excluding tert-OH is 1. The van der Waals surface area contributed by atoms with Gasteiger partial charge in [-0.05, 0) is 63.3 Å². The third kappa shape index (κ3) is 3.53. The number of nitrogens with one attached hydrogen (secondary N) is 1. The molecule has 2 saturated carbocycles. The lowest BCUT2D eigenvalue weighted by Gasteiger charge is -2.42. The number of amides is 1. The molecule has 4 N–H and O–H groups in total. The smallest absolute Gasteiger partial charge is 0.394 e. The third-order valence-corrected chi connectivity index (χ3v) is 6.51. The van der Waals surface area contributed by atoms with E-state index >= 15 is 0 Å². The Morgan fingerprint density at radius 2 is 1.92 bits per heavy atom. The van der Waals surface area contributed by atoms with Gasteiger partial charge in [0.15, 0.2) is 5.60 Å². The van der Waals surface area contributed by atoms with Gasteiger partial charge < -0.3 is 20.9 Å². The molecule has 1 aliphatic heterocycles. The number of ether oxygens (including phenoxy) is 1. The average Bonchev–Trinajstić information content (AvgIpc) is 3.25. The average molecular weight is 364 g/mol. The van der Waals surface area contributed by atoms with Crippen molar-refractivity contribution in [2.24, 2.45) is 23.5 Å². The molecule has 3 rings (SSSR count). The Balaban J connectivity index is 1.60. The molecule has 1 heterocycles. The molecule has 3 aliphatic rings. The summed E-state index contributed by atoms with van der Waals surface area (Å²) in [5, 5.41) is 12.3. The minimum atomic E-state index is -4.42. The monoisotopic (exact) mass is 364 g/mol. The van der Waals surface area contributed by atoms with Crippen molar-refractivity contribution in [3.8, 4) is 0 Å². The molecule has 3 fully saturated rings. The van der Waals surface area contributed by atoms with Crippen LogP contribution in [-0.4, -0.2) is 48.1 Å². The number of carbonyl (C=O) groups excluding carboxylic acids is 1. The van der Waals surface area contributed by atoms with Crippen molar-refractivity contribution in [1.82, 2.24) is 5.32 Å². The van der Waals surface area contributed by atoms with Crippen molar-refractivity contribution in [2.75, 3.05) is 19.8 Å². The fourth-order valence-electron chi connectivity index (χ4n) is 5.00. The molecular formula is C17H27F3N2O3. The molecule has 0 aromatic rings. The first-order valence-corrected chi connectivity index (χ1v) is 9.09. The van der Waals surface area contributed by atoms with E-state index in [0.29, 0.717) is 25.2 Å². The molecule has 0 bridgehead atoms. The van der Waals surface area contributed by atoms with Crippen molar-refractivity contribution in [1.29, 1.82) is 0 Å². The van der Waals surface area contributed by atoms with Crippen LogP contribution in [0.25, 0.3) is 0 Å². The van der Waals surface area contributed by atoms with Crippen LogP contribution >= 0.6 is 0 Å². The fraction of sp³-hybridized carbons (Fsp3) is 0.941. The Morgan fingerprint density at radius 3 is 2.48 bits per heavy atom. The van der Waals surface area contributed by atoms with Gasteiger partial charge >= 0.3 is 6.18 Å². The van der Waals surface area contributed by atoms with E-state index in [-0.39, 0.29) is 42.7 Å². The van der Waals surface area contributed by atoms with Crippen LogP contribution in [0.4, 0.5) is 13.2 Å². The van der Waals surface area contributed by atoms with Crippen LogP contribution in [0.3, 0.4) is 0 Å². The van der Waals surface area contributed by atoms with Crippen LogP contribution in [0, 0.1) is 17.8 Å². The number of nitrogens with two attached hydrogens (primary N) is 1. The SMILES string of the molecule is NC(=O)C1CCNC2(C1)CC2C1CCC(OCCO)(C(F)(F)F)CC1. The number of carbonyl (C=O) groups is 1. The second-order valence-electron chi connectivity index (χ2n) is 7.89. The largest absolute Gasteiger partial charge is 0.417 e. The number of rotatable bonds is 5. The molecule has 3 atom stereocenters. The minimum absolute atomic E-state index is 0.0625. The third-order valence-electron chi connectivity index (χ3n) is 6.51. The standard InChI is InChI=1S/C17H27F3N2O3/c18-17(19,20)16(25-8-7-23)4-1-11(2-5-16)13-10-15(13)9-12(14(21)24)3-6-22-15/h11-13,22-23H,1-10H2,(H2,21,24). The summed E-state index contributed by atoms with van der Waals surface area (Å²) in [5.74, 6) is 0.131. The number of aliphatic hydroxyl groups is 1. The maximum atomic E-state index is 13.5. The molecule has 1 spiro atoms. The quantitative estimate of drug-likeness (QED) is 0.694. The highest BCUT2D eigenvalue weighted by Crippen LogP contribution is 2.59. The summed E-state index contributed by atoms with van der Waals surface area (Å²) in [6, 6.07) is 0. The summed E-state index contributed by atoms with van der Waals surface area (Å²) in [6.45, 7) is 0.0355. The van der Waals surface area contributed by atoms with Crippen molar-refractivity contribution < 1.29 is 27.8 Å². The number of hydrogen-bond acceptors (Lipinski definition) is 4. The van der Waals surface area contributed by atoms with Gasteiger partial charge in [-0.25, -0.2) is 0 Å². The van der Waals surface area contributed by atoms with E-state index < -0.39 is 18.4 Å². The predicted molar refractivity (Wildman–Crippen MR) is 84.5 cm³/mol. The number of halogens is 3. The van der Waals surface area contributed by atoms with Crippen LogP contribution in [0.2, 0.25) is 0 Å². The highest BCUT2D eigenvalue weighted by molar-refractivity contribution is 5.77. The zero-order chi connectivity index (χ0) is 18.3. The Bertz CT molecular complexity index is 506. The molecular weight excluding hydrogens is 337 g/mol. The van der Waals surface area contributed by atoms with Gasteiger partial charge in [0.05, 0.1) is 13.2 Å². The second-order valence-corrected chi connectivity index (χ2v) is 7.89. The zero-order valence-corrected chi connectivity index (χ0v) is 14.3. The van der Waals surface area contributed by atoms with E-state index in [4.69, 9.17) is 15.6 Å². The summed E-state index contributed by atoms with van der Waals surface area (Å²) in [6.07, 6.45) is -1.28. The van der Waals surface area contributed by atoms with Gasteiger partial charge in [-0.1, -0.05) is 0 Å². The highest BCUT2D eigenvalue weighted by atomic mass is 19.4. The van der Waals surface area contributed by atoms with Crippen LogP contribution in [0.1, 0.15) is 44.9 Å². The van der Waals surface area contributed by atoms with Gasteiger partial charge in [-0.3, -0.25) is 4.79 Å². The number of alkyl halides is 3. The van der Waals surface area contributed by atoms with Crippen LogP contribution in [0.15, 0.2) is 0 Å². The lowest BCUT2D eigenvalue weighted by Crippen LogP contribution is -2.51. The molecule has 0 radical (unpaired) electrons. The van der Waals surface area contributed by atoms with E-state index in [2.05, 4.69) is 5.32 Å². The van der Waals surface area contributed by atoms with Crippen molar-refractivity contribution in [3.05, 3.63) is 0 Å². The lowest BCUT2D eigenvalue weighted by atomic mass is 9.74. The normalized spacial score (nSPS) is 41.7. The van der Waals surface area contributed by atoms with Crippen LogP contribution in [-0.2, 0) is 9.53 Å². The van der Waals surface area contributed by atoms with E-state index in [1.54, 1.807) is 0 Å². The van der Waals surface area contributed by atoms with Crippen molar-refractivity contribution in [2.45, 2.75) is 62.3 Å². The molecule has 1 amide bonds. The molecule has 0 aromatic carbocycles. The van der Waals surface area contributed by atoms with Crippen LogP contribution < -0.4 is 11.1 Å². The van der Waals surface area contributed by atoms with E-state index in [1.807, 2.05) is 0 Å². The van der Waals surface area contributed by atoms with Gasteiger partial charge in [0.2, 0.25) is 5.91 Å². The van der Waals surface area contributed by atoms with Crippen LogP contribution in [0.5, 0.6) is 0 Å². The number of primary amides is 1. The number of hydrogen-bond donors (Lipinski definition) is 3. The minimum Gasteiger partial charge on any atom is -0.394 e. The molecule has 144 valence electrons. The second kappa shape index (κ2) is 6.70. The molecule has 5 nitrogen and oxygen atoms in total. The molecule has 2 aliphatic carbocycles. The topological polar surface area (TPSA) is 84.6 Å². The maximum absolute atomic E-state index is 13.5. The Kier molecular flexibility index (Phi) is 5.07. The van der Waals surface area contributed by atoms with Gasteiger partial charge in [-0.2, -0.15) is 13.2 Å². The van der Waals surface area contributed by atoms with Gasteiger partial charge in [-0.15, -0.1) is 0 Å². The van der Waals surface area contributed by atoms with E-state index in [0.717, 1.165) is 19.4 Å². The maximum Gasteiger partial charge on any atom is 0.417 e. The van der Waals surface area contributed by atoms with Crippen molar-refractivity contribution in [3.63, 3.8) is 0 Å². The number of piperidine rings is 1. The summed E-state index contributed by atoms with van der Waals surface area (Å²) < 4.78 is 45.5. The zero-order valence-electron chi connectivity index (χ0n) is 14.3. The summed E-state index contributed by atoms with van der Waals surface area (Å²) in [5.41, 5.74) is 3.22. The highest BCUT2D eigenvalue weighted by Gasteiger charge is 2.63. The van der Waals surface area contributed by atoms with Crippen molar-refractivity contribution >= 4 is 5.91 Å². The molecule has 3 unspecified atom stereocenters. The first kappa shape index (κ1) is 18.9. The Labute approximate surface area is 145 Å². The van der Waals surface area contributed by atoms with E-state index in [1.165, 1.54) is 0 Å². The summed E-state index contributed by atoms with van der Waals surface area (Å²) in [7, 11) is 0. The molecule has 0 aromatic heterocycles. The van der Waals surface area contributed by atoms with E-state index in [9.17, 15) is 18.0 Å². The van der Waals surface area contributed by atoms with Gasteiger partial charge in [0, 0.05) is 11.5 Å². The first-order chi connectivity index (χ1) is 11.7. The Hall–Kier alpha value is -0.860. The summed E-state index contributed by atoms with van der Waals surface area (Å²) >= 11 is 0. The Morgan fingerprint density at radius 1 is 1.24 bits per heavy atom. The predicted octanol–water partition coefficient (Wildman–Crippen LogP) is 1.73.